The van der Waals surface area contributed by atoms with Crippen molar-refractivity contribution >= 4 is 29.2 Å². The van der Waals surface area contributed by atoms with Crippen molar-refractivity contribution in [3.8, 4) is 0 Å². The van der Waals surface area contributed by atoms with Gasteiger partial charge in [-0.25, -0.2) is 13.8 Å². The fraction of sp³-hybridized carbons (Fsp3) is 0.294. The van der Waals surface area contributed by atoms with Gasteiger partial charge in [-0.05, 0) is 24.3 Å². The van der Waals surface area contributed by atoms with Crippen LogP contribution in [-0.2, 0) is 10.2 Å². The number of nitrogens with one attached hydrogen (secondary N) is 1. The molecule has 2 N–H and O–H groups in total. The number of hydrogen-bond donors (Lipinski definition) is 2. The van der Waals surface area contributed by atoms with Crippen molar-refractivity contribution in [3.05, 3.63) is 41.9 Å². The maximum Gasteiger partial charge on any atom is 0.326 e. The molecule has 0 radical (unpaired) electrons. The van der Waals surface area contributed by atoms with E-state index in [1.165, 1.54) is 24.4 Å². The average molecular weight is 361 g/mol. The molecule has 4 rings (SSSR count). The molecule has 2 heterocycles. The molecule has 1 fully saturated rings. The smallest absolute Gasteiger partial charge is 0.326 e. The fourth-order valence-corrected chi connectivity index (χ4v) is 2.78. The van der Waals surface area contributed by atoms with Crippen LogP contribution in [0.4, 0.5) is 8.78 Å². The topological polar surface area (TPSA) is 105 Å². The molecule has 0 spiro atoms. The van der Waals surface area contributed by atoms with Crippen LogP contribution in [0, 0.1) is 0 Å². The Kier molecular flexibility index (Phi) is 3.60. The summed E-state index contributed by atoms with van der Waals surface area (Å²) in [4.78, 5) is 31.5. The van der Waals surface area contributed by atoms with E-state index < -0.39 is 35.7 Å². The Morgan fingerprint density at radius 2 is 2.12 bits per heavy atom. The van der Waals surface area contributed by atoms with Crippen molar-refractivity contribution < 1.29 is 27.9 Å². The maximum atomic E-state index is 14.4. The molecular formula is C17H13F2N3O4. The Morgan fingerprint density at radius 1 is 1.35 bits per heavy atom. The minimum atomic E-state index is -2.13. The maximum absolute atomic E-state index is 14.4. The van der Waals surface area contributed by atoms with E-state index in [-0.39, 0.29) is 29.0 Å². The molecule has 9 heteroatoms. The number of aromatic nitrogens is 1. The van der Waals surface area contributed by atoms with E-state index in [2.05, 4.69) is 15.3 Å². The van der Waals surface area contributed by atoms with Crippen LogP contribution in [0.25, 0.3) is 11.1 Å². The number of hydrogen-bond acceptors (Lipinski definition) is 5. The zero-order valence-electron chi connectivity index (χ0n) is 13.2. The number of aliphatic carboxylic acids is 1. The number of carbonyl (C=O) groups excluding carboxylic acids is 1. The number of benzene rings is 1. The summed E-state index contributed by atoms with van der Waals surface area (Å²) in [5.41, 5.74) is -1.50. The molecule has 1 aromatic heterocycles. The molecule has 134 valence electrons. The van der Waals surface area contributed by atoms with Crippen LogP contribution >= 0.6 is 0 Å². The average Bonchev–Trinajstić information content (AvgIpc) is 3.14. The highest BCUT2D eigenvalue weighted by atomic mass is 19.1. The molecule has 0 bridgehead atoms. The van der Waals surface area contributed by atoms with Crippen LogP contribution in [-0.4, -0.2) is 46.6 Å². The summed E-state index contributed by atoms with van der Waals surface area (Å²) in [6.07, 6.45) is 0.406. The predicted octanol–water partition coefficient (Wildman–Crippen LogP) is 1.93. The summed E-state index contributed by atoms with van der Waals surface area (Å²) in [7, 11) is 0. The number of carbonyl (C=O) groups is 2. The van der Waals surface area contributed by atoms with Crippen LogP contribution < -0.4 is 5.32 Å². The fourth-order valence-electron chi connectivity index (χ4n) is 2.78. The summed E-state index contributed by atoms with van der Waals surface area (Å²) in [6.45, 7) is 0. The molecular weight excluding hydrogens is 348 g/mol. The van der Waals surface area contributed by atoms with Gasteiger partial charge in [0.05, 0.1) is 6.04 Å². The lowest BCUT2D eigenvalue weighted by molar-refractivity contribution is -0.144. The van der Waals surface area contributed by atoms with E-state index in [4.69, 9.17) is 4.42 Å². The van der Waals surface area contributed by atoms with Gasteiger partial charge in [0.2, 0.25) is 5.89 Å². The van der Waals surface area contributed by atoms with Gasteiger partial charge in [-0.2, -0.15) is 0 Å². The molecule has 1 amide bonds. The number of alkyl halides is 2. The van der Waals surface area contributed by atoms with Crippen molar-refractivity contribution in [3.63, 3.8) is 0 Å². The first-order valence-electron chi connectivity index (χ1n) is 7.86. The van der Waals surface area contributed by atoms with Crippen LogP contribution in [0.15, 0.2) is 39.9 Å². The van der Waals surface area contributed by atoms with E-state index >= 15 is 0 Å². The van der Waals surface area contributed by atoms with Gasteiger partial charge in [-0.1, -0.05) is 0 Å². The summed E-state index contributed by atoms with van der Waals surface area (Å²) < 4.78 is 32.8. The Labute approximate surface area is 145 Å². The third-order valence-electron chi connectivity index (χ3n) is 4.46. The van der Waals surface area contributed by atoms with Gasteiger partial charge in [0.25, 0.3) is 5.91 Å². The minimum Gasteiger partial charge on any atom is -0.480 e. The Morgan fingerprint density at radius 3 is 2.77 bits per heavy atom. The molecule has 1 aliphatic heterocycles. The molecule has 26 heavy (non-hydrogen) atoms. The van der Waals surface area contributed by atoms with Crippen LogP contribution in [0.3, 0.4) is 0 Å². The molecule has 0 saturated heterocycles. The molecule has 2 unspecified atom stereocenters. The molecule has 4 atom stereocenters. The number of halogens is 2. The van der Waals surface area contributed by atoms with Gasteiger partial charge in [0, 0.05) is 24.4 Å². The number of fused-ring (bicyclic) bond motifs is 1. The molecule has 2 aromatic rings. The monoisotopic (exact) mass is 361 g/mol. The van der Waals surface area contributed by atoms with Crippen molar-refractivity contribution in [1.29, 1.82) is 0 Å². The molecule has 1 saturated carbocycles. The van der Waals surface area contributed by atoms with Crippen LogP contribution in [0.5, 0.6) is 0 Å². The molecule has 2 aliphatic rings. The highest BCUT2D eigenvalue weighted by Crippen LogP contribution is 2.35. The number of carboxylic acids is 1. The largest absolute Gasteiger partial charge is 0.480 e. The second-order valence-corrected chi connectivity index (χ2v) is 6.22. The van der Waals surface area contributed by atoms with E-state index in [1.807, 2.05) is 0 Å². The quantitative estimate of drug-likeness (QED) is 0.866. The summed E-state index contributed by atoms with van der Waals surface area (Å²) in [6, 6.07) is 3.78. The van der Waals surface area contributed by atoms with E-state index in [0.717, 1.165) is 12.3 Å². The van der Waals surface area contributed by atoms with Gasteiger partial charge in [-0.15, -0.1) is 0 Å². The Balaban J connectivity index is 1.71. The second kappa shape index (κ2) is 5.72. The van der Waals surface area contributed by atoms with E-state index in [1.54, 1.807) is 0 Å². The molecule has 1 aromatic carbocycles. The third-order valence-corrected chi connectivity index (χ3v) is 4.46. The first kappa shape index (κ1) is 16.4. The highest BCUT2D eigenvalue weighted by Gasteiger charge is 2.51. The third kappa shape index (κ3) is 2.47. The number of amides is 1. The molecule has 7 nitrogen and oxygen atoms in total. The molecule has 1 aliphatic carbocycles. The number of aliphatic imine (C=N–C) groups is 1. The second-order valence-electron chi connectivity index (χ2n) is 6.22. The SMILES string of the molecule is O=C(N[C@H]1C[C@@H]1F)c1ccc2oc(C3(C(=O)O)C=CN=CC3F)nc2c1. The Bertz CT molecular complexity index is 970. The van der Waals surface area contributed by atoms with Gasteiger partial charge < -0.3 is 14.8 Å². The normalized spacial score (nSPS) is 29.7. The number of rotatable bonds is 4. The minimum absolute atomic E-state index is 0.198. The van der Waals surface area contributed by atoms with Crippen molar-refractivity contribution in [1.82, 2.24) is 10.3 Å². The lowest BCUT2D eigenvalue weighted by Gasteiger charge is -2.25. The first-order valence-corrected chi connectivity index (χ1v) is 7.86. The first-order chi connectivity index (χ1) is 12.4. The zero-order valence-corrected chi connectivity index (χ0v) is 13.2. The van der Waals surface area contributed by atoms with Gasteiger partial charge >= 0.3 is 5.97 Å². The Hall–Kier alpha value is -3.10. The lowest BCUT2D eigenvalue weighted by atomic mass is 9.82. The highest BCUT2D eigenvalue weighted by molar-refractivity contribution is 5.98. The van der Waals surface area contributed by atoms with E-state index in [0.29, 0.717) is 0 Å². The van der Waals surface area contributed by atoms with Crippen molar-refractivity contribution in [2.45, 2.75) is 30.2 Å². The van der Waals surface area contributed by atoms with E-state index in [9.17, 15) is 23.5 Å². The zero-order chi connectivity index (χ0) is 18.5. The van der Waals surface area contributed by atoms with Gasteiger partial charge in [0.15, 0.2) is 17.2 Å². The van der Waals surface area contributed by atoms with Gasteiger partial charge in [0.1, 0.15) is 11.7 Å². The number of nitrogens with zero attached hydrogens (tertiary/aromatic N) is 2. The summed E-state index contributed by atoms with van der Waals surface area (Å²) in [5.74, 6) is -2.29. The van der Waals surface area contributed by atoms with Gasteiger partial charge in [-0.3, -0.25) is 14.6 Å². The summed E-state index contributed by atoms with van der Waals surface area (Å²) in [5, 5.41) is 12.1. The van der Waals surface area contributed by atoms with Crippen LogP contribution in [0.2, 0.25) is 0 Å². The standard InChI is InChI=1S/C17H13F2N3O4/c18-9-6-10(9)21-14(23)8-1-2-12-11(5-8)22-15(26-12)17(16(24)25)3-4-20-7-13(17)19/h1-5,7,9-10,13H,6H2,(H,21,23)(H,24,25)/t9-,10-,13?,17?/m0/s1. The lowest BCUT2D eigenvalue weighted by Crippen LogP contribution is -2.45. The van der Waals surface area contributed by atoms with Crippen LogP contribution in [0.1, 0.15) is 22.7 Å². The number of carboxylic acid groups (broad SMARTS) is 1. The predicted molar refractivity (Wildman–Crippen MR) is 86.6 cm³/mol. The number of oxazole rings is 1. The summed E-state index contributed by atoms with van der Waals surface area (Å²) >= 11 is 0. The van der Waals surface area contributed by atoms with Crippen molar-refractivity contribution in [2.75, 3.05) is 0 Å². The van der Waals surface area contributed by atoms with Crippen molar-refractivity contribution in [2.24, 2.45) is 4.99 Å².